The third kappa shape index (κ3) is 4.56. The molecule has 0 atom stereocenters. The van der Waals surface area contributed by atoms with Gasteiger partial charge in [-0.2, -0.15) is 0 Å². The van der Waals surface area contributed by atoms with Crippen LogP contribution < -0.4 is 0 Å². The van der Waals surface area contributed by atoms with Crippen molar-refractivity contribution in [2.45, 2.75) is 0 Å². The lowest BCUT2D eigenvalue weighted by molar-refractivity contribution is 1.53. The van der Waals surface area contributed by atoms with Crippen molar-refractivity contribution in [3.05, 3.63) is 104 Å². The van der Waals surface area contributed by atoms with Crippen LogP contribution in [0.25, 0.3) is 24.3 Å². The maximum atomic E-state index is 3.68. The van der Waals surface area contributed by atoms with Crippen LogP contribution in [-0.2, 0) is 0 Å². The molecule has 3 aromatic carbocycles. The fourth-order valence-electron chi connectivity index (χ4n) is 2.33. The molecule has 0 saturated carbocycles. The lowest BCUT2D eigenvalue weighted by Crippen LogP contribution is -1.82. The van der Waals surface area contributed by atoms with Gasteiger partial charge in [0, 0.05) is 8.95 Å². The number of rotatable bonds is 4. The summed E-state index contributed by atoms with van der Waals surface area (Å²) in [6.07, 6.45) is 8.47. The molecular formula is C22H16Br2. The molecule has 0 heterocycles. The van der Waals surface area contributed by atoms with E-state index >= 15 is 0 Å². The third-order valence-corrected chi connectivity index (χ3v) is 5.00. The lowest BCUT2D eigenvalue weighted by atomic mass is 10.1. The Morgan fingerprint density at radius 2 is 0.875 bits per heavy atom. The molecule has 2 heteroatoms. The van der Waals surface area contributed by atoms with E-state index in [-0.39, 0.29) is 0 Å². The van der Waals surface area contributed by atoms with Gasteiger partial charge in [0.15, 0.2) is 0 Å². The van der Waals surface area contributed by atoms with E-state index in [9.17, 15) is 0 Å². The molecule has 0 N–H and O–H groups in total. The first-order chi connectivity index (χ1) is 11.7. The van der Waals surface area contributed by atoms with Gasteiger partial charge >= 0.3 is 0 Å². The lowest BCUT2D eigenvalue weighted by Gasteiger charge is -2.05. The second-order valence-electron chi connectivity index (χ2n) is 5.38. The van der Waals surface area contributed by atoms with Gasteiger partial charge in [-0.25, -0.2) is 0 Å². The predicted molar refractivity (Wildman–Crippen MR) is 113 cm³/mol. The molecule has 3 aromatic rings. The fourth-order valence-corrected chi connectivity index (χ4v) is 3.32. The van der Waals surface area contributed by atoms with Crippen molar-refractivity contribution < 1.29 is 0 Å². The molecule has 0 aliphatic carbocycles. The maximum Gasteiger partial charge on any atom is 0.0254 e. The Bertz CT molecular complexity index is 788. The quantitative estimate of drug-likeness (QED) is 0.368. The van der Waals surface area contributed by atoms with E-state index in [0.29, 0.717) is 0 Å². The fraction of sp³-hybridized carbons (Fsp3) is 0. The summed E-state index contributed by atoms with van der Waals surface area (Å²) >= 11 is 7.35. The van der Waals surface area contributed by atoms with Crippen LogP contribution in [0.4, 0.5) is 0 Å². The summed E-state index contributed by atoms with van der Waals surface area (Å²) in [7, 11) is 0. The largest absolute Gasteiger partial charge is 0.0622 e. The van der Waals surface area contributed by atoms with E-state index in [1.165, 1.54) is 11.1 Å². The molecule has 118 valence electrons. The van der Waals surface area contributed by atoms with Crippen molar-refractivity contribution in [2.24, 2.45) is 0 Å². The molecule has 24 heavy (non-hydrogen) atoms. The summed E-state index contributed by atoms with van der Waals surface area (Å²) in [5.74, 6) is 0. The molecule has 0 aliphatic rings. The van der Waals surface area contributed by atoms with E-state index in [0.717, 1.165) is 20.1 Å². The second-order valence-corrected chi connectivity index (χ2v) is 7.09. The molecular weight excluding hydrogens is 424 g/mol. The van der Waals surface area contributed by atoms with Crippen molar-refractivity contribution in [1.29, 1.82) is 0 Å². The highest BCUT2D eigenvalue weighted by atomic mass is 79.9. The van der Waals surface area contributed by atoms with Crippen LogP contribution in [0, 0.1) is 0 Å². The molecule has 0 aliphatic heterocycles. The van der Waals surface area contributed by atoms with Crippen molar-refractivity contribution >= 4 is 56.2 Å². The van der Waals surface area contributed by atoms with E-state index in [2.05, 4.69) is 92.6 Å². The van der Waals surface area contributed by atoms with Gasteiger partial charge in [0.1, 0.15) is 0 Å². The van der Waals surface area contributed by atoms with Gasteiger partial charge in [-0.3, -0.25) is 0 Å². The highest BCUT2D eigenvalue weighted by Gasteiger charge is 2.03. The summed E-state index contributed by atoms with van der Waals surface area (Å²) < 4.78 is 2.15. The van der Waals surface area contributed by atoms with Gasteiger partial charge in [0.05, 0.1) is 0 Å². The van der Waals surface area contributed by atoms with Crippen LogP contribution >= 0.6 is 31.9 Å². The highest BCUT2D eigenvalue weighted by molar-refractivity contribution is 9.11. The molecule has 0 aromatic heterocycles. The van der Waals surface area contributed by atoms with Crippen LogP contribution in [0.15, 0.2) is 81.7 Å². The second kappa shape index (κ2) is 8.27. The first-order valence-electron chi connectivity index (χ1n) is 7.68. The molecule has 0 radical (unpaired) electrons. The summed E-state index contributed by atoms with van der Waals surface area (Å²) in [5.41, 5.74) is 4.66. The predicted octanol–water partition coefficient (Wildman–Crippen LogP) is 7.55. The first-order valence-corrected chi connectivity index (χ1v) is 9.26. The van der Waals surface area contributed by atoms with Gasteiger partial charge < -0.3 is 0 Å². The number of halogens is 2. The first kappa shape index (κ1) is 16.9. The number of hydrogen-bond acceptors (Lipinski definition) is 0. The van der Waals surface area contributed by atoms with Gasteiger partial charge in [-0.05, 0) is 34.4 Å². The van der Waals surface area contributed by atoms with Crippen LogP contribution in [-0.4, -0.2) is 0 Å². The van der Waals surface area contributed by atoms with Crippen LogP contribution in [0.3, 0.4) is 0 Å². The maximum absolute atomic E-state index is 3.68. The van der Waals surface area contributed by atoms with Crippen LogP contribution in [0.1, 0.15) is 22.3 Å². The topological polar surface area (TPSA) is 0 Å². The average molecular weight is 440 g/mol. The Kier molecular flexibility index (Phi) is 5.84. The van der Waals surface area contributed by atoms with E-state index in [4.69, 9.17) is 0 Å². The van der Waals surface area contributed by atoms with E-state index in [1.807, 2.05) is 36.4 Å². The smallest absolute Gasteiger partial charge is 0.0254 e. The summed E-state index contributed by atoms with van der Waals surface area (Å²) in [6.45, 7) is 0. The van der Waals surface area contributed by atoms with E-state index in [1.54, 1.807) is 0 Å². The molecule has 0 saturated heterocycles. The minimum Gasteiger partial charge on any atom is -0.0622 e. The third-order valence-electron chi connectivity index (χ3n) is 3.63. The van der Waals surface area contributed by atoms with Gasteiger partial charge in [0.2, 0.25) is 0 Å². The Hall–Kier alpha value is -1.90. The summed E-state index contributed by atoms with van der Waals surface area (Å²) in [6, 6.07) is 24.9. The zero-order valence-electron chi connectivity index (χ0n) is 13.0. The summed E-state index contributed by atoms with van der Waals surface area (Å²) in [4.78, 5) is 0. The van der Waals surface area contributed by atoms with Crippen molar-refractivity contribution in [3.8, 4) is 0 Å². The Labute approximate surface area is 159 Å². The van der Waals surface area contributed by atoms with Gasteiger partial charge in [-0.15, -0.1) is 0 Å². The van der Waals surface area contributed by atoms with Crippen LogP contribution in [0.2, 0.25) is 0 Å². The highest BCUT2D eigenvalue weighted by Crippen LogP contribution is 2.29. The minimum atomic E-state index is 1.07. The SMILES string of the molecule is Brc1cc(/C=C\c2ccccc2)c(Br)cc1/C=C\c1ccccc1. The van der Waals surface area contributed by atoms with Crippen LogP contribution in [0.5, 0.6) is 0 Å². The number of benzene rings is 3. The average Bonchev–Trinajstić information content (AvgIpc) is 2.62. The zero-order valence-corrected chi connectivity index (χ0v) is 16.2. The molecule has 0 amide bonds. The Balaban J connectivity index is 1.83. The van der Waals surface area contributed by atoms with Crippen molar-refractivity contribution in [1.82, 2.24) is 0 Å². The summed E-state index contributed by atoms with van der Waals surface area (Å²) in [5, 5.41) is 0. The molecule has 0 fully saturated rings. The van der Waals surface area contributed by atoms with Crippen molar-refractivity contribution in [3.63, 3.8) is 0 Å². The molecule has 3 rings (SSSR count). The van der Waals surface area contributed by atoms with Gasteiger partial charge in [-0.1, -0.05) is 117 Å². The van der Waals surface area contributed by atoms with Gasteiger partial charge in [0.25, 0.3) is 0 Å². The monoisotopic (exact) mass is 438 g/mol. The molecule has 0 nitrogen and oxygen atoms in total. The van der Waals surface area contributed by atoms with E-state index < -0.39 is 0 Å². The molecule has 0 spiro atoms. The Morgan fingerprint density at radius 1 is 0.500 bits per heavy atom. The van der Waals surface area contributed by atoms with Crippen molar-refractivity contribution in [2.75, 3.05) is 0 Å². The molecule has 0 bridgehead atoms. The standard InChI is InChI=1S/C22H16Br2/c23-21-16-20(14-12-18-9-5-2-6-10-18)22(24)15-19(21)13-11-17-7-3-1-4-8-17/h1-16H/b13-11-,14-12-. The Morgan fingerprint density at radius 3 is 1.25 bits per heavy atom. The minimum absolute atomic E-state index is 1.07. The molecule has 0 unspecified atom stereocenters. The zero-order chi connectivity index (χ0) is 16.8. The normalized spacial score (nSPS) is 11.4. The number of hydrogen-bond donors (Lipinski definition) is 0.